The Morgan fingerprint density at radius 1 is 1.29 bits per heavy atom. The zero-order chi connectivity index (χ0) is 10.6. The lowest BCUT2D eigenvalue weighted by molar-refractivity contribution is -0.0944. The Kier molecular flexibility index (Phi) is 4.88. The van der Waals surface area contributed by atoms with Gasteiger partial charge in [0.2, 0.25) is 0 Å². The molecule has 2 unspecified atom stereocenters. The van der Waals surface area contributed by atoms with Crippen molar-refractivity contribution < 1.29 is 9.47 Å². The molecule has 0 aromatic heterocycles. The Morgan fingerprint density at radius 3 is 2.50 bits per heavy atom. The Balaban J connectivity index is 2.37. The number of rotatable bonds is 4. The fraction of sp³-hybridized carbons (Fsp3) is 1.00. The Morgan fingerprint density at radius 2 is 1.93 bits per heavy atom. The van der Waals surface area contributed by atoms with Crippen molar-refractivity contribution in [3.05, 3.63) is 0 Å². The molecule has 14 heavy (non-hydrogen) atoms. The number of ether oxygens (including phenoxy) is 2. The van der Waals surface area contributed by atoms with Crippen LogP contribution in [-0.4, -0.2) is 30.2 Å². The molecule has 2 nitrogen and oxygen atoms in total. The van der Waals surface area contributed by atoms with Gasteiger partial charge in [0.15, 0.2) is 0 Å². The number of halogens is 1. The Bertz CT molecular complexity index is 171. The highest BCUT2D eigenvalue weighted by molar-refractivity contribution is 9.09. The van der Waals surface area contributed by atoms with Crippen LogP contribution in [0.5, 0.6) is 0 Å². The number of hydrogen-bond donors (Lipinski definition) is 0. The van der Waals surface area contributed by atoms with Crippen LogP contribution in [0.15, 0.2) is 0 Å². The summed E-state index contributed by atoms with van der Waals surface area (Å²) in [5.74, 6) is 0. The van der Waals surface area contributed by atoms with Gasteiger partial charge in [-0.05, 0) is 39.5 Å². The third-order valence-corrected chi connectivity index (χ3v) is 4.07. The molecule has 0 amide bonds. The van der Waals surface area contributed by atoms with Crippen LogP contribution in [0, 0.1) is 0 Å². The second-order valence-electron chi connectivity index (χ2n) is 4.66. The molecule has 0 N–H and O–H groups in total. The lowest BCUT2D eigenvalue weighted by Crippen LogP contribution is -2.36. The lowest BCUT2D eigenvalue weighted by Gasteiger charge is -2.34. The van der Waals surface area contributed by atoms with Crippen molar-refractivity contribution in [1.82, 2.24) is 0 Å². The topological polar surface area (TPSA) is 18.5 Å². The summed E-state index contributed by atoms with van der Waals surface area (Å²) < 4.78 is 11.4. The molecule has 0 saturated heterocycles. The van der Waals surface area contributed by atoms with Gasteiger partial charge in [-0.15, -0.1) is 0 Å². The van der Waals surface area contributed by atoms with E-state index in [-0.39, 0.29) is 5.60 Å². The van der Waals surface area contributed by atoms with Crippen molar-refractivity contribution in [3.8, 4) is 0 Å². The predicted octanol–water partition coefficient (Wildman–Crippen LogP) is 3.13. The second kappa shape index (κ2) is 5.47. The van der Waals surface area contributed by atoms with E-state index in [1.165, 1.54) is 19.3 Å². The van der Waals surface area contributed by atoms with Gasteiger partial charge in [-0.1, -0.05) is 15.9 Å². The molecule has 1 rings (SSSR count). The summed E-state index contributed by atoms with van der Waals surface area (Å²) >= 11 is 3.47. The molecule has 1 aliphatic carbocycles. The minimum atomic E-state index is -0.0553. The minimum absolute atomic E-state index is 0.0553. The summed E-state index contributed by atoms with van der Waals surface area (Å²) in [6, 6.07) is 0. The van der Waals surface area contributed by atoms with Crippen molar-refractivity contribution in [3.63, 3.8) is 0 Å². The molecule has 0 aromatic carbocycles. The van der Waals surface area contributed by atoms with Crippen LogP contribution in [0.4, 0.5) is 0 Å². The van der Waals surface area contributed by atoms with Crippen LogP contribution < -0.4 is 0 Å². The maximum atomic E-state index is 6.03. The van der Waals surface area contributed by atoms with Gasteiger partial charge < -0.3 is 9.47 Å². The van der Waals surface area contributed by atoms with E-state index in [2.05, 4.69) is 29.8 Å². The second-order valence-corrected chi connectivity index (χ2v) is 5.22. The predicted molar refractivity (Wildman–Crippen MR) is 62.0 cm³/mol. The van der Waals surface area contributed by atoms with E-state index in [9.17, 15) is 0 Å². The van der Waals surface area contributed by atoms with Crippen molar-refractivity contribution >= 4 is 15.9 Å². The van der Waals surface area contributed by atoms with Crippen LogP contribution in [0.1, 0.15) is 39.5 Å². The molecule has 0 bridgehead atoms. The summed E-state index contributed by atoms with van der Waals surface area (Å²) in [6.07, 6.45) is 5.41. The first kappa shape index (κ1) is 12.5. The van der Waals surface area contributed by atoms with Crippen molar-refractivity contribution in [2.24, 2.45) is 0 Å². The molecule has 84 valence electrons. The number of alkyl halides is 1. The highest BCUT2D eigenvalue weighted by Gasteiger charge is 2.27. The van der Waals surface area contributed by atoms with Gasteiger partial charge in [0, 0.05) is 12.4 Å². The fourth-order valence-corrected chi connectivity index (χ4v) is 2.04. The number of methoxy groups -OCH3 is 1. The van der Waals surface area contributed by atoms with Gasteiger partial charge in [0.25, 0.3) is 0 Å². The van der Waals surface area contributed by atoms with Gasteiger partial charge in [-0.2, -0.15) is 0 Å². The van der Waals surface area contributed by atoms with Gasteiger partial charge in [-0.25, -0.2) is 0 Å². The van der Waals surface area contributed by atoms with Crippen LogP contribution >= 0.6 is 15.9 Å². The van der Waals surface area contributed by atoms with Crippen LogP contribution in [-0.2, 0) is 9.47 Å². The molecular weight excluding hydrogens is 244 g/mol. The lowest BCUT2D eigenvalue weighted by atomic mass is 9.94. The first-order valence-electron chi connectivity index (χ1n) is 5.34. The monoisotopic (exact) mass is 264 g/mol. The maximum absolute atomic E-state index is 6.03. The van der Waals surface area contributed by atoms with E-state index in [0.29, 0.717) is 12.2 Å². The van der Waals surface area contributed by atoms with Crippen molar-refractivity contribution in [2.75, 3.05) is 12.4 Å². The average molecular weight is 265 g/mol. The van der Waals surface area contributed by atoms with Gasteiger partial charge in [0.1, 0.15) is 0 Å². The average Bonchev–Trinajstić information content (AvgIpc) is 2.17. The van der Waals surface area contributed by atoms with E-state index in [1.54, 1.807) is 7.11 Å². The minimum Gasteiger partial charge on any atom is -0.381 e. The first-order chi connectivity index (χ1) is 6.57. The van der Waals surface area contributed by atoms with Crippen LogP contribution in [0.25, 0.3) is 0 Å². The summed E-state index contributed by atoms with van der Waals surface area (Å²) in [6.45, 7) is 4.25. The number of hydrogen-bond acceptors (Lipinski definition) is 2. The van der Waals surface area contributed by atoms with Crippen LogP contribution in [0.2, 0.25) is 0 Å². The maximum Gasteiger partial charge on any atom is 0.0726 e. The molecular formula is C11H21BrO2. The normalized spacial score (nSPS) is 29.1. The highest BCUT2D eigenvalue weighted by Crippen LogP contribution is 2.27. The molecule has 1 saturated carbocycles. The molecule has 1 aliphatic rings. The zero-order valence-electron chi connectivity index (χ0n) is 9.38. The van der Waals surface area contributed by atoms with Crippen molar-refractivity contribution in [2.45, 2.75) is 57.3 Å². The van der Waals surface area contributed by atoms with Gasteiger partial charge in [-0.3, -0.25) is 0 Å². The van der Waals surface area contributed by atoms with Crippen LogP contribution in [0.3, 0.4) is 0 Å². The fourth-order valence-electron chi connectivity index (χ4n) is 1.91. The molecule has 2 atom stereocenters. The van der Waals surface area contributed by atoms with Gasteiger partial charge >= 0.3 is 0 Å². The van der Waals surface area contributed by atoms with Crippen molar-refractivity contribution in [1.29, 1.82) is 0 Å². The Labute approximate surface area is 95.5 Å². The molecule has 0 radical (unpaired) electrons. The summed E-state index contributed by atoms with van der Waals surface area (Å²) in [5.41, 5.74) is -0.0553. The quantitative estimate of drug-likeness (QED) is 0.727. The largest absolute Gasteiger partial charge is 0.381 e. The molecule has 1 fully saturated rings. The van der Waals surface area contributed by atoms with E-state index in [4.69, 9.17) is 9.47 Å². The van der Waals surface area contributed by atoms with E-state index >= 15 is 0 Å². The zero-order valence-corrected chi connectivity index (χ0v) is 11.0. The van der Waals surface area contributed by atoms with E-state index in [1.807, 2.05) is 0 Å². The third-order valence-electron chi connectivity index (χ3n) is 2.72. The summed E-state index contributed by atoms with van der Waals surface area (Å²) in [5, 5.41) is 0.883. The highest BCUT2D eigenvalue weighted by atomic mass is 79.9. The summed E-state index contributed by atoms with van der Waals surface area (Å²) in [7, 11) is 1.79. The molecule has 3 heteroatoms. The van der Waals surface area contributed by atoms with E-state index < -0.39 is 0 Å². The molecule has 0 aromatic rings. The molecule has 0 aliphatic heterocycles. The Hall–Kier alpha value is 0.400. The molecule has 0 heterocycles. The first-order valence-corrected chi connectivity index (χ1v) is 6.46. The molecule has 0 spiro atoms. The standard InChI is InChI=1S/C11H21BrO2/c1-11(2,8-12)14-10-6-4-5-9(7-10)13-3/h9-10H,4-8H2,1-3H3. The van der Waals surface area contributed by atoms with E-state index in [0.717, 1.165) is 11.8 Å². The smallest absolute Gasteiger partial charge is 0.0726 e. The van der Waals surface area contributed by atoms with Gasteiger partial charge in [0.05, 0.1) is 17.8 Å². The third kappa shape index (κ3) is 3.87. The summed E-state index contributed by atoms with van der Waals surface area (Å²) in [4.78, 5) is 0. The SMILES string of the molecule is COC1CCCC(OC(C)(C)CBr)C1.